The van der Waals surface area contributed by atoms with Gasteiger partial charge < -0.3 is 10.2 Å². The molecular formula is C13H19IN2. The summed E-state index contributed by atoms with van der Waals surface area (Å²) in [5, 5.41) is 3.45. The van der Waals surface area contributed by atoms with Crippen LogP contribution in [0.1, 0.15) is 17.5 Å². The van der Waals surface area contributed by atoms with E-state index in [1.54, 1.807) is 0 Å². The molecule has 1 heterocycles. The first-order valence-corrected chi connectivity index (χ1v) is 6.94. The zero-order valence-electron chi connectivity index (χ0n) is 10.0. The monoisotopic (exact) mass is 330 g/mol. The first kappa shape index (κ1) is 12.2. The molecule has 1 aliphatic rings. The minimum Gasteiger partial charge on any atom is -0.384 e. The van der Waals surface area contributed by atoms with Gasteiger partial charge >= 0.3 is 0 Å². The molecule has 0 aliphatic carbocycles. The van der Waals surface area contributed by atoms with Gasteiger partial charge in [-0.2, -0.15) is 0 Å². The van der Waals surface area contributed by atoms with E-state index in [0.29, 0.717) is 0 Å². The number of hydrogen-bond acceptors (Lipinski definition) is 2. The third kappa shape index (κ3) is 2.88. The number of nitrogens with zero attached hydrogens (tertiary/aromatic N) is 1. The van der Waals surface area contributed by atoms with Gasteiger partial charge in [-0.3, -0.25) is 0 Å². The van der Waals surface area contributed by atoms with Crippen molar-refractivity contribution in [2.75, 3.05) is 32.5 Å². The molecule has 0 fully saturated rings. The lowest BCUT2D eigenvalue weighted by atomic mass is 10.1. The number of anilines is 1. The number of benzene rings is 1. The summed E-state index contributed by atoms with van der Waals surface area (Å²) < 4.78 is 1.43. The molecule has 1 aliphatic heterocycles. The lowest BCUT2D eigenvalue weighted by Gasteiger charge is -2.11. The SMILES string of the molecule is CN(C)CCCc1cc2c(cc1I)CCN2. The van der Waals surface area contributed by atoms with E-state index in [4.69, 9.17) is 0 Å². The Morgan fingerprint density at radius 1 is 1.38 bits per heavy atom. The van der Waals surface area contributed by atoms with Crippen molar-refractivity contribution >= 4 is 28.3 Å². The van der Waals surface area contributed by atoms with E-state index >= 15 is 0 Å². The first-order valence-electron chi connectivity index (χ1n) is 5.86. The number of hydrogen-bond donors (Lipinski definition) is 1. The van der Waals surface area contributed by atoms with Crippen LogP contribution in [-0.2, 0) is 12.8 Å². The molecule has 16 heavy (non-hydrogen) atoms. The summed E-state index contributed by atoms with van der Waals surface area (Å²) in [5.74, 6) is 0. The number of halogens is 1. The summed E-state index contributed by atoms with van der Waals surface area (Å²) in [6, 6.07) is 4.70. The van der Waals surface area contributed by atoms with Crippen LogP contribution in [0, 0.1) is 3.57 Å². The average Bonchev–Trinajstić information content (AvgIpc) is 2.64. The van der Waals surface area contributed by atoms with Crippen LogP contribution >= 0.6 is 22.6 Å². The van der Waals surface area contributed by atoms with Crippen LogP contribution in [-0.4, -0.2) is 32.1 Å². The van der Waals surface area contributed by atoms with Gasteiger partial charge in [0, 0.05) is 15.8 Å². The molecular weight excluding hydrogens is 311 g/mol. The topological polar surface area (TPSA) is 15.3 Å². The van der Waals surface area contributed by atoms with E-state index in [1.165, 1.54) is 46.2 Å². The second-order valence-corrected chi connectivity index (χ2v) is 5.85. The summed E-state index contributed by atoms with van der Waals surface area (Å²) in [6.45, 7) is 2.27. The van der Waals surface area contributed by atoms with E-state index in [2.05, 4.69) is 59.0 Å². The van der Waals surface area contributed by atoms with Crippen LogP contribution < -0.4 is 5.32 Å². The van der Waals surface area contributed by atoms with E-state index < -0.39 is 0 Å². The van der Waals surface area contributed by atoms with E-state index in [0.717, 1.165) is 6.54 Å². The summed E-state index contributed by atoms with van der Waals surface area (Å²) in [7, 11) is 4.27. The van der Waals surface area contributed by atoms with E-state index in [1.807, 2.05) is 0 Å². The Balaban J connectivity index is 2.04. The highest BCUT2D eigenvalue weighted by Gasteiger charge is 2.12. The Kier molecular flexibility index (Phi) is 4.08. The molecule has 0 amide bonds. The first-order chi connectivity index (χ1) is 7.66. The highest BCUT2D eigenvalue weighted by Crippen LogP contribution is 2.27. The minimum absolute atomic E-state index is 1.10. The molecule has 0 bridgehead atoms. The molecule has 2 nitrogen and oxygen atoms in total. The summed E-state index contributed by atoms with van der Waals surface area (Å²) >= 11 is 2.47. The molecule has 1 aromatic carbocycles. The van der Waals surface area contributed by atoms with Crippen LogP contribution in [0.2, 0.25) is 0 Å². The fourth-order valence-corrected chi connectivity index (χ4v) is 2.94. The minimum atomic E-state index is 1.10. The predicted octanol–water partition coefficient (Wildman–Crippen LogP) is 2.75. The fourth-order valence-electron chi connectivity index (χ4n) is 2.14. The third-order valence-electron chi connectivity index (χ3n) is 3.03. The normalized spacial score (nSPS) is 14.0. The van der Waals surface area contributed by atoms with Crippen LogP contribution in [0.4, 0.5) is 5.69 Å². The maximum atomic E-state index is 3.45. The molecule has 0 aromatic heterocycles. The van der Waals surface area contributed by atoms with Gasteiger partial charge in [-0.1, -0.05) is 0 Å². The van der Waals surface area contributed by atoms with Crippen molar-refractivity contribution in [3.63, 3.8) is 0 Å². The van der Waals surface area contributed by atoms with Crippen molar-refractivity contribution in [1.29, 1.82) is 0 Å². The van der Waals surface area contributed by atoms with Gasteiger partial charge in [0.05, 0.1) is 0 Å². The number of nitrogens with one attached hydrogen (secondary N) is 1. The Morgan fingerprint density at radius 2 is 2.19 bits per heavy atom. The van der Waals surface area contributed by atoms with Crippen LogP contribution in [0.3, 0.4) is 0 Å². The number of aryl methyl sites for hydroxylation is 1. The van der Waals surface area contributed by atoms with Crippen molar-refractivity contribution < 1.29 is 0 Å². The molecule has 1 N–H and O–H groups in total. The lowest BCUT2D eigenvalue weighted by Crippen LogP contribution is -2.13. The Labute approximate surface area is 112 Å². The van der Waals surface area contributed by atoms with Crippen LogP contribution in [0.5, 0.6) is 0 Å². The lowest BCUT2D eigenvalue weighted by molar-refractivity contribution is 0.400. The maximum Gasteiger partial charge on any atom is 0.0377 e. The summed E-state index contributed by atoms with van der Waals surface area (Å²) in [4.78, 5) is 2.25. The Morgan fingerprint density at radius 3 is 2.94 bits per heavy atom. The molecule has 0 spiro atoms. The van der Waals surface area contributed by atoms with Gasteiger partial charge in [-0.05, 0) is 85.8 Å². The number of rotatable bonds is 4. The van der Waals surface area contributed by atoms with Crippen molar-refractivity contribution in [2.45, 2.75) is 19.3 Å². The van der Waals surface area contributed by atoms with Gasteiger partial charge in [0.15, 0.2) is 0 Å². The molecule has 0 atom stereocenters. The molecule has 2 rings (SSSR count). The van der Waals surface area contributed by atoms with E-state index in [-0.39, 0.29) is 0 Å². The molecule has 0 unspecified atom stereocenters. The average molecular weight is 330 g/mol. The van der Waals surface area contributed by atoms with Crippen LogP contribution in [0.15, 0.2) is 12.1 Å². The Hall–Kier alpha value is -0.290. The summed E-state index contributed by atoms with van der Waals surface area (Å²) in [6.07, 6.45) is 3.61. The molecule has 88 valence electrons. The van der Waals surface area contributed by atoms with Gasteiger partial charge in [0.2, 0.25) is 0 Å². The molecule has 3 heteroatoms. The van der Waals surface area contributed by atoms with Gasteiger partial charge in [0.1, 0.15) is 0 Å². The third-order valence-corrected chi connectivity index (χ3v) is 4.04. The second-order valence-electron chi connectivity index (χ2n) is 4.68. The highest BCUT2D eigenvalue weighted by molar-refractivity contribution is 14.1. The largest absolute Gasteiger partial charge is 0.384 e. The zero-order valence-corrected chi connectivity index (χ0v) is 12.2. The Bertz CT molecular complexity index is 374. The summed E-state index contributed by atoms with van der Waals surface area (Å²) in [5.41, 5.74) is 4.34. The highest BCUT2D eigenvalue weighted by atomic mass is 127. The predicted molar refractivity (Wildman–Crippen MR) is 78.2 cm³/mol. The maximum absolute atomic E-state index is 3.45. The van der Waals surface area contributed by atoms with Gasteiger partial charge in [0.25, 0.3) is 0 Å². The van der Waals surface area contributed by atoms with Crippen molar-refractivity contribution in [1.82, 2.24) is 4.90 Å². The van der Waals surface area contributed by atoms with Crippen molar-refractivity contribution in [3.8, 4) is 0 Å². The molecule has 1 aromatic rings. The van der Waals surface area contributed by atoms with Crippen molar-refractivity contribution in [3.05, 3.63) is 26.8 Å². The second kappa shape index (κ2) is 5.36. The smallest absolute Gasteiger partial charge is 0.0377 e. The van der Waals surface area contributed by atoms with E-state index in [9.17, 15) is 0 Å². The molecule has 0 saturated heterocycles. The number of fused-ring (bicyclic) bond motifs is 1. The standard InChI is InChI=1S/C13H19IN2/c1-16(2)7-3-4-10-9-13-11(5-6-15-13)8-12(10)14/h8-9,15H,3-7H2,1-2H3. The zero-order chi connectivity index (χ0) is 11.5. The van der Waals surface area contributed by atoms with Gasteiger partial charge in [-0.15, -0.1) is 0 Å². The van der Waals surface area contributed by atoms with Gasteiger partial charge in [-0.25, -0.2) is 0 Å². The van der Waals surface area contributed by atoms with Crippen molar-refractivity contribution in [2.24, 2.45) is 0 Å². The molecule has 0 saturated carbocycles. The van der Waals surface area contributed by atoms with Crippen LogP contribution in [0.25, 0.3) is 0 Å². The fraction of sp³-hybridized carbons (Fsp3) is 0.538. The quantitative estimate of drug-likeness (QED) is 0.854. The molecule has 0 radical (unpaired) electrons.